The molecule has 2 aliphatic heterocycles. The summed E-state index contributed by atoms with van der Waals surface area (Å²) in [6.45, 7) is 4.05. The van der Waals surface area contributed by atoms with Crippen LogP contribution in [0.1, 0.15) is 24.0 Å². The Morgan fingerprint density at radius 3 is 2.18 bits per heavy atom. The maximum atomic E-state index is 12.6. The zero-order valence-electron chi connectivity index (χ0n) is 12.6. The lowest BCUT2D eigenvalue weighted by atomic mass is 10.1. The van der Waals surface area contributed by atoms with Crippen LogP contribution in [-0.4, -0.2) is 48.6 Å². The van der Waals surface area contributed by atoms with Crippen molar-refractivity contribution in [3.8, 4) is 0 Å². The molecule has 0 aromatic heterocycles. The molecule has 0 N–H and O–H groups in total. The molecule has 2 amide bonds. The van der Waals surface area contributed by atoms with Crippen LogP contribution in [0.2, 0.25) is 0 Å². The molecular formula is C15H18N2O4S. The second kappa shape index (κ2) is 5.17. The molecule has 0 saturated carbocycles. The first-order chi connectivity index (χ1) is 10.3. The van der Waals surface area contributed by atoms with Gasteiger partial charge in [0.1, 0.15) is 0 Å². The van der Waals surface area contributed by atoms with E-state index in [0.29, 0.717) is 5.56 Å². The van der Waals surface area contributed by atoms with E-state index in [1.165, 1.54) is 9.21 Å². The van der Waals surface area contributed by atoms with E-state index in [-0.39, 0.29) is 48.7 Å². The minimum Gasteiger partial charge on any atom is -0.277 e. The first-order valence-electron chi connectivity index (χ1n) is 7.23. The van der Waals surface area contributed by atoms with Crippen LogP contribution in [0.25, 0.3) is 0 Å². The van der Waals surface area contributed by atoms with E-state index in [1.807, 2.05) is 13.0 Å². The summed E-state index contributed by atoms with van der Waals surface area (Å²) in [6.07, 6.45) is 0.471. The molecule has 6 nitrogen and oxygen atoms in total. The van der Waals surface area contributed by atoms with Crippen molar-refractivity contribution in [3.05, 3.63) is 29.3 Å². The van der Waals surface area contributed by atoms with Gasteiger partial charge in [-0.3, -0.25) is 14.5 Å². The number of imide groups is 1. The van der Waals surface area contributed by atoms with Gasteiger partial charge in [0.05, 0.1) is 10.9 Å². The number of rotatable bonds is 3. The van der Waals surface area contributed by atoms with Gasteiger partial charge in [-0.05, 0) is 25.5 Å². The molecule has 118 valence electrons. The van der Waals surface area contributed by atoms with Crippen molar-refractivity contribution < 1.29 is 18.0 Å². The van der Waals surface area contributed by atoms with Crippen LogP contribution in [0.3, 0.4) is 0 Å². The highest BCUT2D eigenvalue weighted by atomic mass is 32.2. The predicted octanol–water partition coefficient (Wildman–Crippen LogP) is 0.825. The lowest BCUT2D eigenvalue weighted by Gasteiger charge is -2.42. The molecule has 0 spiro atoms. The van der Waals surface area contributed by atoms with Crippen molar-refractivity contribution in [2.24, 2.45) is 0 Å². The Hall–Kier alpha value is -1.73. The summed E-state index contributed by atoms with van der Waals surface area (Å²) in [4.78, 5) is 24.9. The molecular weight excluding hydrogens is 304 g/mol. The van der Waals surface area contributed by atoms with Crippen molar-refractivity contribution in [3.63, 3.8) is 0 Å². The average molecular weight is 322 g/mol. The number of nitrogens with zero attached hydrogens (tertiary/aromatic N) is 2. The summed E-state index contributed by atoms with van der Waals surface area (Å²) in [7, 11) is -3.56. The zero-order chi connectivity index (χ0) is 16.1. The fourth-order valence-electron chi connectivity index (χ4n) is 3.01. The molecule has 0 unspecified atom stereocenters. The summed E-state index contributed by atoms with van der Waals surface area (Å²) in [5.41, 5.74) is 1.71. The molecule has 0 aliphatic carbocycles. The number of sulfonamides is 1. The quantitative estimate of drug-likeness (QED) is 0.772. The van der Waals surface area contributed by atoms with E-state index < -0.39 is 10.0 Å². The first-order valence-corrected chi connectivity index (χ1v) is 8.67. The van der Waals surface area contributed by atoms with Gasteiger partial charge in [0, 0.05) is 25.9 Å². The Kier molecular flexibility index (Phi) is 3.57. The molecule has 1 aromatic carbocycles. The molecule has 0 bridgehead atoms. The minimum absolute atomic E-state index is 0.188. The highest BCUT2D eigenvalue weighted by molar-refractivity contribution is 7.89. The van der Waals surface area contributed by atoms with Crippen LogP contribution < -0.4 is 0 Å². The molecule has 0 atom stereocenters. The van der Waals surface area contributed by atoms with Gasteiger partial charge in [0.25, 0.3) is 0 Å². The van der Waals surface area contributed by atoms with Gasteiger partial charge < -0.3 is 0 Å². The molecule has 2 fully saturated rings. The predicted molar refractivity (Wildman–Crippen MR) is 79.5 cm³/mol. The molecule has 2 aliphatic rings. The highest BCUT2D eigenvalue weighted by Crippen LogP contribution is 2.29. The Balaban J connectivity index is 1.77. The SMILES string of the molecule is Cc1ccc(S(=O)(=O)N2CC(N3C(=O)CCC3=O)C2)c(C)c1. The van der Waals surface area contributed by atoms with Crippen molar-refractivity contribution in [1.82, 2.24) is 9.21 Å². The summed E-state index contributed by atoms with van der Waals surface area (Å²) in [6, 6.07) is 4.89. The lowest BCUT2D eigenvalue weighted by molar-refractivity contribution is -0.143. The van der Waals surface area contributed by atoms with Crippen molar-refractivity contribution >= 4 is 21.8 Å². The molecule has 7 heteroatoms. The minimum atomic E-state index is -3.56. The number of carbonyl (C=O) groups excluding carboxylic acids is 2. The molecule has 2 heterocycles. The molecule has 2 saturated heterocycles. The van der Waals surface area contributed by atoms with Gasteiger partial charge in [-0.1, -0.05) is 17.7 Å². The van der Waals surface area contributed by atoms with Gasteiger partial charge in [-0.2, -0.15) is 4.31 Å². The lowest BCUT2D eigenvalue weighted by Crippen LogP contribution is -2.62. The summed E-state index contributed by atoms with van der Waals surface area (Å²) >= 11 is 0. The van der Waals surface area contributed by atoms with E-state index in [1.54, 1.807) is 19.1 Å². The third kappa shape index (κ3) is 2.34. The number of hydrogen-bond donors (Lipinski definition) is 0. The second-order valence-corrected chi connectivity index (χ2v) is 7.81. The first kappa shape index (κ1) is 15.2. The Labute approximate surface area is 129 Å². The summed E-state index contributed by atoms with van der Waals surface area (Å²) < 4.78 is 26.5. The fraction of sp³-hybridized carbons (Fsp3) is 0.467. The third-order valence-electron chi connectivity index (χ3n) is 4.23. The molecule has 1 aromatic rings. The molecule has 22 heavy (non-hydrogen) atoms. The van der Waals surface area contributed by atoms with Gasteiger partial charge in [-0.25, -0.2) is 8.42 Å². The Bertz CT molecular complexity index is 735. The van der Waals surface area contributed by atoms with E-state index >= 15 is 0 Å². The maximum Gasteiger partial charge on any atom is 0.243 e. The zero-order valence-corrected chi connectivity index (χ0v) is 13.4. The van der Waals surface area contributed by atoms with Gasteiger partial charge in [-0.15, -0.1) is 0 Å². The number of amides is 2. The highest BCUT2D eigenvalue weighted by Gasteiger charge is 2.45. The maximum absolute atomic E-state index is 12.6. The molecule has 0 radical (unpaired) electrons. The monoisotopic (exact) mass is 322 g/mol. The third-order valence-corrected chi connectivity index (χ3v) is 6.22. The van der Waals surface area contributed by atoms with Crippen LogP contribution in [0.4, 0.5) is 0 Å². The summed E-state index contributed by atoms with van der Waals surface area (Å²) in [5, 5.41) is 0. The van der Waals surface area contributed by atoms with Crippen LogP contribution in [0.15, 0.2) is 23.1 Å². The van der Waals surface area contributed by atoms with Crippen LogP contribution in [0, 0.1) is 13.8 Å². The summed E-state index contributed by atoms with van der Waals surface area (Å²) in [5.74, 6) is -0.392. The van der Waals surface area contributed by atoms with E-state index in [9.17, 15) is 18.0 Å². The van der Waals surface area contributed by atoms with E-state index in [0.717, 1.165) is 5.56 Å². The van der Waals surface area contributed by atoms with Crippen LogP contribution >= 0.6 is 0 Å². The van der Waals surface area contributed by atoms with E-state index in [4.69, 9.17) is 0 Å². The van der Waals surface area contributed by atoms with Crippen LogP contribution in [-0.2, 0) is 19.6 Å². The van der Waals surface area contributed by atoms with Crippen molar-refractivity contribution in [2.45, 2.75) is 37.6 Å². The number of benzene rings is 1. The fourth-order valence-corrected chi connectivity index (χ4v) is 4.73. The molecule has 3 rings (SSSR count). The van der Waals surface area contributed by atoms with Gasteiger partial charge in [0.15, 0.2) is 0 Å². The standard InChI is InChI=1S/C15H18N2O4S/c1-10-3-4-13(11(2)7-10)22(20,21)16-8-12(9-16)17-14(18)5-6-15(17)19/h3-4,7,12H,5-6,8-9H2,1-2H3. The van der Waals surface area contributed by atoms with Crippen molar-refractivity contribution in [1.29, 1.82) is 0 Å². The number of likely N-dealkylation sites (tertiary alicyclic amines) is 1. The number of hydrogen-bond acceptors (Lipinski definition) is 4. The Morgan fingerprint density at radius 1 is 1.05 bits per heavy atom. The largest absolute Gasteiger partial charge is 0.277 e. The number of carbonyl (C=O) groups is 2. The number of aryl methyl sites for hydroxylation is 2. The smallest absolute Gasteiger partial charge is 0.243 e. The normalized spacial score (nSPS) is 20.5. The van der Waals surface area contributed by atoms with Gasteiger partial charge in [0.2, 0.25) is 21.8 Å². The van der Waals surface area contributed by atoms with Crippen molar-refractivity contribution in [2.75, 3.05) is 13.1 Å². The average Bonchev–Trinajstić information content (AvgIpc) is 2.68. The topological polar surface area (TPSA) is 74.8 Å². The van der Waals surface area contributed by atoms with Crippen LogP contribution in [0.5, 0.6) is 0 Å². The van der Waals surface area contributed by atoms with Gasteiger partial charge >= 0.3 is 0 Å². The second-order valence-electron chi connectivity index (χ2n) is 5.90. The van der Waals surface area contributed by atoms with E-state index in [2.05, 4.69) is 0 Å². The Morgan fingerprint density at radius 2 is 1.64 bits per heavy atom.